The lowest BCUT2D eigenvalue weighted by atomic mass is 10.3. The van der Waals surface area contributed by atoms with E-state index in [0.717, 1.165) is 22.2 Å². The summed E-state index contributed by atoms with van der Waals surface area (Å²) >= 11 is 2.23. The van der Waals surface area contributed by atoms with Gasteiger partial charge in [0.25, 0.3) is 0 Å². The highest BCUT2D eigenvalue weighted by atomic mass is 127. The molecular formula is C12H13IN2O2. The second kappa shape index (κ2) is 6.00. The highest BCUT2D eigenvalue weighted by Crippen LogP contribution is 2.20. The molecule has 0 unspecified atom stereocenters. The van der Waals surface area contributed by atoms with E-state index >= 15 is 0 Å². The summed E-state index contributed by atoms with van der Waals surface area (Å²) in [5.41, 5.74) is 0. The van der Waals surface area contributed by atoms with E-state index < -0.39 is 0 Å². The number of aromatic nitrogens is 2. The summed E-state index contributed by atoms with van der Waals surface area (Å²) in [5.74, 6) is 2.11. The molecule has 90 valence electrons. The molecule has 0 fully saturated rings. The Kier molecular flexibility index (Phi) is 4.36. The van der Waals surface area contributed by atoms with E-state index in [1.165, 1.54) is 0 Å². The summed E-state index contributed by atoms with van der Waals surface area (Å²) in [6, 6.07) is 7.84. The van der Waals surface area contributed by atoms with E-state index in [9.17, 15) is 0 Å². The second-order valence-corrected chi connectivity index (χ2v) is 4.74. The Morgan fingerprint density at radius 3 is 2.94 bits per heavy atom. The molecule has 0 saturated heterocycles. The van der Waals surface area contributed by atoms with Gasteiger partial charge in [0.1, 0.15) is 5.75 Å². The van der Waals surface area contributed by atoms with Crippen LogP contribution in [0, 0.1) is 3.57 Å². The predicted octanol–water partition coefficient (Wildman–Crippen LogP) is 3.21. The molecule has 2 rings (SSSR count). The first-order valence-corrected chi connectivity index (χ1v) is 6.56. The van der Waals surface area contributed by atoms with Crippen molar-refractivity contribution in [2.75, 3.05) is 0 Å². The molecule has 0 aliphatic heterocycles. The molecular weight excluding hydrogens is 331 g/mol. The van der Waals surface area contributed by atoms with Gasteiger partial charge < -0.3 is 9.26 Å². The minimum atomic E-state index is 0.341. The van der Waals surface area contributed by atoms with Crippen molar-refractivity contribution in [3.63, 3.8) is 0 Å². The van der Waals surface area contributed by atoms with Crippen molar-refractivity contribution in [3.05, 3.63) is 39.6 Å². The van der Waals surface area contributed by atoms with E-state index in [2.05, 4.69) is 39.7 Å². The van der Waals surface area contributed by atoms with Gasteiger partial charge in [-0.15, -0.1) is 0 Å². The number of rotatable bonds is 5. The van der Waals surface area contributed by atoms with E-state index in [4.69, 9.17) is 9.26 Å². The first-order chi connectivity index (χ1) is 8.29. The Balaban J connectivity index is 1.95. The molecule has 2 aromatic rings. The fourth-order valence-corrected chi connectivity index (χ4v) is 1.91. The van der Waals surface area contributed by atoms with Gasteiger partial charge in [0, 0.05) is 6.42 Å². The summed E-state index contributed by atoms with van der Waals surface area (Å²) in [5, 5.41) is 3.87. The van der Waals surface area contributed by atoms with Crippen LogP contribution in [-0.4, -0.2) is 10.1 Å². The summed E-state index contributed by atoms with van der Waals surface area (Å²) in [7, 11) is 0. The van der Waals surface area contributed by atoms with E-state index in [1.54, 1.807) is 0 Å². The lowest BCUT2D eigenvalue weighted by Crippen LogP contribution is -1.99. The summed E-state index contributed by atoms with van der Waals surface area (Å²) in [4.78, 5) is 4.24. The molecule has 0 atom stereocenters. The zero-order valence-electron chi connectivity index (χ0n) is 9.52. The summed E-state index contributed by atoms with van der Waals surface area (Å²) in [6.07, 6.45) is 1.81. The third-order valence-electron chi connectivity index (χ3n) is 2.17. The SMILES string of the molecule is CCCc1nc(COc2ccccc2I)no1. The second-order valence-electron chi connectivity index (χ2n) is 3.57. The summed E-state index contributed by atoms with van der Waals surface area (Å²) in [6.45, 7) is 2.42. The highest BCUT2D eigenvalue weighted by molar-refractivity contribution is 14.1. The first-order valence-electron chi connectivity index (χ1n) is 5.48. The van der Waals surface area contributed by atoms with Gasteiger partial charge in [-0.3, -0.25) is 0 Å². The van der Waals surface area contributed by atoms with Crippen molar-refractivity contribution in [2.45, 2.75) is 26.4 Å². The van der Waals surface area contributed by atoms with Crippen molar-refractivity contribution in [1.82, 2.24) is 10.1 Å². The Morgan fingerprint density at radius 1 is 1.35 bits per heavy atom. The molecule has 17 heavy (non-hydrogen) atoms. The maximum absolute atomic E-state index is 5.62. The molecule has 0 N–H and O–H groups in total. The quantitative estimate of drug-likeness (QED) is 0.782. The average Bonchev–Trinajstić information content (AvgIpc) is 2.76. The molecule has 0 radical (unpaired) electrons. The van der Waals surface area contributed by atoms with Crippen molar-refractivity contribution < 1.29 is 9.26 Å². The van der Waals surface area contributed by atoms with Crippen LogP contribution in [0.15, 0.2) is 28.8 Å². The molecule has 0 aliphatic rings. The number of hydrogen-bond donors (Lipinski definition) is 0. The maximum Gasteiger partial charge on any atom is 0.226 e. The highest BCUT2D eigenvalue weighted by Gasteiger charge is 2.07. The number of halogens is 1. The normalized spacial score (nSPS) is 10.5. The van der Waals surface area contributed by atoms with Crippen LogP contribution in [0.2, 0.25) is 0 Å². The van der Waals surface area contributed by atoms with Crippen LogP contribution in [0.4, 0.5) is 0 Å². The van der Waals surface area contributed by atoms with Gasteiger partial charge >= 0.3 is 0 Å². The van der Waals surface area contributed by atoms with Gasteiger partial charge in [-0.25, -0.2) is 0 Å². The summed E-state index contributed by atoms with van der Waals surface area (Å²) < 4.78 is 11.8. The van der Waals surface area contributed by atoms with Gasteiger partial charge in [-0.1, -0.05) is 24.2 Å². The standard InChI is InChI=1S/C12H13IN2O2/c1-2-5-12-14-11(15-17-12)8-16-10-7-4-3-6-9(10)13/h3-4,6-7H,2,5,8H2,1H3. The minimum absolute atomic E-state index is 0.341. The van der Waals surface area contributed by atoms with Crippen LogP contribution in [0.1, 0.15) is 25.1 Å². The molecule has 0 saturated carbocycles. The molecule has 1 heterocycles. The zero-order valence-corrected chi connectivity index (χ0v) is 11.7. The van der Waals surface area contributed by atoms with Gasteiger partial charge in [-0.2, -0.15) is 4.98 Å². The van der Waals surface area contributed by atoms with Crippen molar-refractivity contribution in [2.24, 2.45) is 0 Å². The minimum Gasteiger partial charge on any atom is -0.484 e. The van der Waals surface area contributed by atoms with Crippen LogP contribution in [0.25, 0.3) is 0 Å². The largest absolute Gasteiger partial charge is 0.484 e. The molecule has 0 bridgehead atoms. The molecule has 1 aromatic carbocycles. The monoisotopic (exact) mass is 344 g/mol. The fraction of sp³-hybridized carbons (Fsp3) is 0.333. The number of nitrogens with zero attached hydrogens (tertiary/aromatic N) is 2. The Hall–Kier alpha value is -1.11. The lowest BCUT2D eigenvalue weighted by molar-refractivity contribution is 0.283. The number of aryl methyl sites for hydroxylation is 1. The van der Waals surface area contributed by atoms with Crippen molar-refractivity contribution in [3.8, 4) is 5.75 Å². The smallest absolute Gasteiger partial charge is 0.226 e. The number of hydrogen-bond acceptors (Lipinski definition) is 4. The Bertz CT molecular complexity index is 485. The lowest BCUT2D eigenvalue weighted by Gasteiger charge is -2.04. The van der Waals surface area contributed by atoms with Gasteiger partial charge in [0.15, 0.2) is 6.61 Å². The van der Waals surface area contributed by atoms with Crippen LogP contribution in [-0.2, 0) is 13.0 Å². The third-order valence-corrected chi connectivity index (χ3v) is 3.06. The average molecular weight is 344 g/mol. The van der Waals surface area contributed by atoms with E-state index in [0.29, 0.717) is 18.3 Å². The van der Waals surface area contributed by atoms with Crippen molar-refractivity contribution in [1.29, 1.82) is 0 Å². The van der Waals surface area contributed by atoms with Crippen LogP contribution >= 0.6 is 22.6 Å². The third kappa shape index (κ3) is 3.42. The maximum atomic E-state index is 5.62. The zero-order chi connectivity index (χ0) is 12.1. The Morgan fingerprint density at radius 2 is 2.18 bits per heavy atom. The number of para-hydroxylation sites is 1. The molecule has 1 aromatic heterocycles. The van der Waals surface area contributed by atoms with Gasteiger partial charge in [-0.05, 0) is 41.1 Å². The van der Waals surface area contributed by atoms with Crippen LogP contribution in [0.5, 0.6) is 5.75 Å². The van der Waals surface area contributed by atoms with Gasteiger partial charge in [0.2, 0.25) is 11.7 Å². The van der Waals surface area contributed by atoms with Crippen LogP contribution < -0.4 is 4.74 Å². The Labute approximate surface area is 114 Å². The van der Waals surface area contributed by atoms with Gasteiger partial charge in [0.05, 0.1) is 3.57 Å². The molecule has 0 spiro atoms. The van der Waals surface area contributed by atoms with E-state index in [-0.39, 0.29) is 0 Å². The number of benzene rings is 1. The molecule has 0 aliphatic carbocycles. The van der Waals surface area contributed by atoms with E-state index in [1.807, 2.05) is 24.3 Å². The molecule has 5 heteroatoms. The van der Waals surface area contributed by atoms with Crippen molar-refractivity contribution >= 4 is 22.6 Å². The topological polar surface area (TPSA) is 48.2 Å². The number of ether oxygens (including phenoxy) is 1. The van der Waals surface area contributed by atoms with Crippen LogP contribution in [0.3, 0.4) is 0 Å². The molecule has 0 amide bonds. The fourth-order valence-electron chi connectivity index (χ4n) is 1.37. The first kappa shape index (κ1) is 12.3. The predicted molar refractivity (Wildman–Crippen MR) is 71.8 cm³/mol. The molecule has 4 nitrogen and oxygen atoms in total.